The second-order valence-electron chi connectivity index (χ2n) is 6.79. The Bertz CT molecular complexity index is 799. The molecule has 1 aliphatic heterocycles. The first-order valence-electron chi connectivity index (χ1n) is 9.27. The highest BCUT2D eigenvalue weighted by Gasteiger charge is 2.22. The fourth-order valence-electron chi connectivity index (χ4n) is 3.34. The second-order valence-corrected chi connectivity index (χ2v) is 6.79. The monoisotopic (exact) mass is 369 g/mol. The first kappa shape index (κ1) is 18.8. The number of carbonyl (C=O) groups excluding carboxylic acids is 1. The van der Waals surface area contributed by atoms with Crippen LogP contribution in [0.5, 0.6) is 0 Å². The number of amides is 1. The third-order valence-electron chi connectivity index (χ3n) is 4.93. The van der Waals surface area contributed by atoms with Gasteiger partial charge < -0.3 is 15.1 Å². The van der Waals surface area contributed by atoms with Crippen LogP contribution in [0.4, 0.5) is 17.1 Å². The number of quaternary nitrogens is 1. The van der Waals surface area contributed by atoms with Gasteiger partial charge in [-0.2, -0.15) is 0 Å². The quantitative estimate of drug-likeness (QED) is 0.597. The lowest BCUT2D eigenvalue weighted by atomic mass is 10.1. The number of nitro benzene ring substituents is 1. The molecule has 0 spiro atoms. The van der Waals surface area contributed by atoms with E-state index in [1.54, 1.807) is 12.1 Å². The molecule has 1 saturated heterocycles. The zero-order valence-electron chi connectivity index (χ0n) is 15.5. The number of non-ortho nitro benzene ring substituents is 1. The lowest BCUT2D eigenvalue weighted by molar-refractivity contribution is -0.892. The van der Waals surface area contributed by atoms with E-state index < -0.39 is 0 Å². The number of hydrogen-bond acceptors (Lipinski definition) is 4. The van der Waals surface area contributed by atoms with Crippen molar-refractivity contribution in [3.05, 3.63) is 64.2 Å². The number of nitrogens with zero attached hydrogens (tertiary/aromatic N) is 2. The van der Waals surface area contributed by atoms with Gasteiger partial charge in [0.2, 0.25) is 0 Å². The number of piperazine rings is 1. The molecule has 1 fully saturated rings. The van der Waals surface area contributed by atoms with Gasteiger partial charge in [-0.15, -0.1) is 0 Å². The van der Waals surface area contributed by atoms with Crippen molar-refractivity contribution in [2.75, 3.05) is 42.9 Å². The predicted molar refractivity (Wildman–Crippen MR) is 105 cm³/mol. The van der Waals surface area contributed by atoms with Crippen LogP contribution in [-0.2, 0) is 11.2 Å². The number of aryl methyl sites for hydroxylation is 1. The van der Waals surface area contributed by atoms with Crippen LogP contribution in [0.15, 0.2) is 48.5 Å². The molecule has 2 aromatic carbocycles. The normalized spacial score (nSPS) is 14.8. The van der Waals surface area contributed by atoms with Crippen LogP contribution in [0, 0.1) is 10.1 Å². The summed E-state index contributed by atoms with van der Waals surface area (Å²) in [7, 11) is 0. The Morgan fingerprint density at radius 3 is 2.52 bits per heavy atom. The average Bonchev–Trinajstić information content (AvgIpc) is 2.68. The molecule has 1 aliphatic rings. The summed E-state index contributed by atoms with van der Waals surface area (Å²) in [4.78, 5) is 26.1. The summed E-state index contributed by atoms with van der Waals surface area (Å²) in [5, 5.41) is 13.7. The van der Waals surface area contributed by atoms with Crippen LogP contribution >= 0.6 is 0 Å². The Morgan fingerprint density at radius 2 is 1.89 bits per heavy atom. The molecular weight excluding hydrogens is 344 g/mol. The smallest absolute Gasteiger partial charge is 0.279 e. The molecule has 0 aromatic heterocycles. The highest BCUT2D eigenvalue weighted by molar-refractivity contribution is 5.91. The summed E-state index contributed by atoms with van der Waals surface area (Å²) in [6.45, 7) is 5.91. The highest BCUT2D eigenvalue weighted by Crippen LogP contribution is 2.19. The van der Waals surface area contributed by atoms with Gasteiger partial charge in [0.05, 0.1) is 31.1 Å². The van der Waals surface area contributed by atoms with E-state index in [2.05, 4.69) is 23.2 Å². The van der Waals surface area contributed by atoms with Gasteiger partial charge in [0, 0.05) is 23.5 Å². The average molecular weight is 369 g/mol. The number of hydrogen-bond donors (Lipinski definition) is 2. The van der Waals surface area contributed by atoms with Crippen molar-refractivity contribution in [1.82, 2.24) is 0 Å². The SMILES string of the molecule is CCc1cccc(NC(=O)C[NH+]2CCN(c3ccc([N+](=O)[O-])cc3)CC2)c1. The molecule has 7 nitrogen and oxygen atoms in total. The third kappa shape index (κ3) is 5.04. The molecular formula is C20H25N4O3+. The number of nitrogens with one attached hydrogen (secondary N) is 2. The number of rotatable bonds is 6. The number of benzene rings is 2. The van der Waals surface area contributed by atoms with Gasteiger partial charge in [-0.05, 0) is 36.2 Å². The molecule has 3 rings (SSSR count). The van der Waals surface area contributed by atoms with Gasteiger partial charge >= 0.3 is 0 Å². The maximum Gasteiger partial charge on any atom is 0.279 e. The Labute approximate surface area is 158 Å². The van der Waals surface area contributed by atoms with E-state index in [0.29, 0.717) is 6.54 Å². The topological polar surface area (TPSA) is 79.9 Å². The van der Waals surface area contributed by atoms with Gasteiger partial charge in [-0.25, -0.2) is 0 Å². The minimum absolute atomic E-state index is 0.0297. The molecule has 7 heteroatoms. The number of carbonyl (C=O) groups is 1. The predicted octanol–water partition coefficient (Wildman–Crippen LogP) is 1.50. The molecule has 142 valence electrons. The molecule has 0 aliphatic carbocycles. The zero-order chi connectivity index (χ0) is 19.2. The van der Waals surface area contributed by atoms with E-state index in [-0.39, 0.29) is 16.5 Å². The Hall–Kier alpha value is -2.93. The van der Waals surface area contributed by atoms with Crippen molar-refractivity contribution < 1.29 is 14.6 Å². The maximum absolute atomic E-state index is 12.3. The van der Waals surface area contributed by atoms with Crippen molar-refractivity contribution in [3.63, 3.8) is 0 Å². The van der Waals surface area contributed by atoms with Crippen LogP contribution in [-0.4, -0.2) is 43.6 Å². The first-order valence-corrected chi connectivity index (χ1v) is 9.27. The molecule has 0 saturated carbocycles. The Kier molecular flexibility index (Phi) is 6.03. The minimum atomic E-state index is -0.388. The largest absolute Gasteiger partial charge is 0.360 e. The molecule has 0 unspecified atom stereocenters. The van der Waals surface area contributed by atoms with E-state index in [4.69, 9.17) is 0 Å². The molecule has 27 heavy (non-hydrogen) atoms. The van der Waals surface area contributed by atoms with Gasteiger partial charge in [0.15, 0.2) is 6.54 Å². The van der Waals surface area contributed by atoms with E-state index in [1.807, 2.05) is 18.2 Å². The van der Waals surface area contributed by atoms with Crippen molar-refractivity contribution in [2.24, 2.45) is 0 Å². The summed E-state index contributed by atoms with van der Waals surface area (Å²) in [5.41, 5.74) is 3.15. The zero-order valence-corrected chi connectivity index (χ0v) is 15.5. The summed E-state index contributed by atoms with van der Waals surface area (Å²) in [5.74, 6) is 0.0297. The van der Waals surface area contributed by atoms with Crippen molar-refractivity contribution in [3.8, 4) is 0 Å². The van der Waals surface area contributed by atoms with Crippen molar-refractivity contribution >= 4 is 23.0 Å². The van der Waals surface area contributed by atoms with E-state index >= 15 is 0 Å². The summed E-state index contributed by atoms with van der Waals surface area (Å²) in [6.07, 6.45) is 0.944. The van der Waals surface area contributed by atoms with Gasteiger partial charge in [0.25, 0.3) is 11.6 Å². The molecule has 0 radical (unpaired) electrons. The summed E-state index contributed by atoms with van der Waals surface area (Å²) < 4.78 is 0. The second kappa shape index (κ2) is 8.64. The van der Waals surface area contributed by atoms with Gasteiger partial charge in [-0.3, -0.25) is 14.9 Å². The standard InChI is InChI=1S/C20H24N4O3/c1-2-16-4-3-5-17(14-16)21-20(25)15-22-10-12-23(13-11-22)18-6-8-19(9-7-18)24(26)27/h3-9,14H,2,10-13,15H2,1H3,(H,21,25)/p+1. The third-order valence-corrected chi connectivity index (χ3v) is 4.93. The summed E-state index contributed by atoms with van der Waals surface area (Å²) >= 11 is 0. The lowest BCUT2D eigenvalue weighted by Gasteiger charge is -2.33. The lowest BCUT2D eigenvalue weighted by Crippen LogP contribution is -3.15. The van der Waals surface area contributed by atoms with Gasteiger partial charge in [-0.1, -0.05) is 19.1 Å². The van der Waals surface area contributed by atoms with Crippen LogP contribution in [0.1, 0.15) is 12.5 Å². The van der Waals surface area contributed by atoms with Crippen LogP contribution in [0.25, 0.3) is 0 Å². The molecule has 1 heterocycles. The van der Waals surface area contributed by atoms with Crippen LogP contribution in [0.3, 0.4) is 0 Å². The van der Waals surface area contributed by atoms with Crippen LogP contribution in [0.2, 0.25) is 0 Å². The minimum Gasteiger partial charge on any atom is -0.360 e. The fraction of sp³-hybridized carbons (Fsp3) is 0.350. The maximum atomic E-state index is 12.3. The number of nitro groups is 1. The van der Waals surface area contributed by atoms with E-state index in [9.17, 15) is 14.9 Å². The van der Waals surface area contributed by atoms with Crippen molar-refractivity contribution in [2.45, 2.75) is 13.3 Å². The number of anilines is 2. The van der Waals surface area contributed by atoms with E-state index in [0.717, 1.165) is 44.0 Å². The fourth-order valence-corrected chi connectivity index (χ4v) is 3.34. The highest BCUT2D eigenvalue weighted by atomic mass is 16.6. The molecule has 1 amide bonds. The Balaban J connectivity index is 1.48. The van der Waals surface area contributed by atoms with Crippen LogP contribution < -0.4 is 15.1 Å². The van der Waals surface area contributed by atoms with E-state index in [1.165, 1.54) is 22.6 Å². The summed E-state index contributed by atoms with van der Waals surface area (Å²) in [6, 6.07) is 14.6. The molecule has 2 N–H and O–H groups in total. The molecule has 0 atom stereocenters. The van der Waals surface area contributed by atoms with Crippen molar-refractivity contribution in [1.29, 1.82) is 0 Å². The Morgan fingerprint density at radius 1 is 1.19 bits per heavy atom. The first-order chi connectivity index (χ1) is 13.0. The molecule has 0 bridgehead atoms. The van der Waals surface area contributed by atoms with Gasteiger partial charge in [0.1, 0.15) is 0 Å². The molecule has 2 aromatic rings.